The van der Waals surface area contributed by atoms with Crippen molar-refractivity contribution < 1.29 is 26.9 Å². The molecule has 0 unspecified atom stereocenters. The standard InChI is InChI=1S/C11H3F5N2O3/c12-6-5(7(13)9(15)10(16)8(6)14)4-1-3(18(20)21)2-17-11(4)19/h1-2H,(H,17,19). The van der Waals surface area contributed by atoms with E-state index in [1.54, 1.807) is 4.98 Å². The molecule has 0 aliphatic carbocycles. The minimum Gasteiger partial charge on any atom is -0.322 e. The molecule has 10 heteroatoms. The van der Waals surface area contributed by atoms with Gasteiger partial charge in [0.25, 0.3) is 11.2 Å². The fraction of sp³-hybridized carbons (Fsp3) is 0. The second kappa shape index (κ2) is 4.96. The summed E-state index contributed by atoms with van der Waals surface area (Å²) >= 11 is 0. The number of nitro groups is 1. The van der Waals surface area contributed by atoms with Gasteiger partial charge in [0.15, 0.2) is 23.3 Å². The Balaban J connectivity index is 2.88. The van der Waals surface area contributed by atoms with Gasteiger partial charge in [-0.3, -0.25) is 14.9 Å². The molecule has 0 radical (unpaired) electrons. The maximum Gasteiger partial charge on any atom is 0.286 e. The van der Waals surface area contributed by atoms with Crippen molar-refractivity contribution in [2.45, 2.75) is 0 Å². The van der Waals surface area contributed by atoms with Crippen molar-refractivity contribution in [3.63, 3.8) is 0 Å². The van der Waals surface area contributed by atoms with Crippen LogP contribution in [0.2, 0.25) is 0 Å². The van der Waals surface area contributed by atoms with E-state index in [2.05, 4.69) is 0 Å². The van der Waals surface area contributed by atoms with Crippen molar-refractivity contribution in [2.24, 2.45) is 0 Å². The van der Waals surface area contributed by atoms with Crippen LogP contribution in [0, 0.1) is 39.2 Å². The van der Waals surface area contributed by atoms with E-state index in [9.17, 15) is 36.9 Å². The number of halogens is 5. The Morgan fingerprint density at radius 2 is 1.43 bits per heavy atom. The molecule has 0 fully saturated rings. The molecule has 1 N–H and O–H groups in total. The molecule has 2 aromatic rings. The van der Waals surface area contributed by atoms with Crippen LogP contribution in [0.5, 0.6) is 0 Å². The van der Waals surface area contributed by atoms with Gasteiger partial charge in [0.1, 0.15) is 0 Å². The Labute approximate surface area is 111 Å². The summed E-state index contributed by atoms with van der Waals surface area (Å²) in [4.78, 5) is 22.8. The molecule has 0 saturated carbocycles. The molecule has 5 nitrogen and oxygen atoms in total. The minimum atomic E-state index is -2.39. The fourth-order valence-electron chi connectivity index (χ4n) is 1.60. The van der Waals surface area contributed by atoms with Crippen LogP contribution in [0.15, 0.2) is 17.1 Å². The first kappa shape index (κ1) is 14.6. The number of H-pyrrole nitrogens is 1. The Bertz CT molecular complexity index is 789. The van der Waals surface area contributed by atoms with Gasteiger partial charge in [-0.15, -0.1) is 0 Å². The van der Waals surface area contributed by atoms with Crippen LogP contribution in [0.3, 0.4) is 0 Å². The third-order valence-electron chi connectivity index (χ3n) is 2.58. The van der Waals surface area contributed by atoms with E-state index >= 15 is 0 Å². The van der Waals surface area contributed by atoms with E-state index in [-0.39, 0.29) is 0 Å². The van der Waals surface area contributed by atoms with E-state index < -0.39 is 56.4 Å². The molecule has 21 heavy (non-hydrogen) atoms. The Kier molecular flexibility index (Phi) is 3.45. The lowest BCUT2D eigenvalue weighted by Crippen LogP contribution is -2.13. The van der Waals surface area contributed by atoms with E-state index in [0.29, 0.717) is 12.3 Å². The van der Waals surface area contributed by atoms with Gasteiger partial charge < -0.3 is 4.98 Å². The largest absolute Gasteiger partial charge is 0.322 e. The maximum atomic E-state index is 13.6. The quantitative estimate of drug-likeness (QED) is 0.305. The highest BCUT2D eigenvalue weighted by atomic mass is 19.2. The van der Waals surface area contributed by atoms with Gasteiger partial charge in [-0.2, -0.15) is 0 Å². The number of rotatable bonds is 2. The number of nitrogens with one attached hydrogen (secondary N) is 1. The molecule has 1 aromatic carbocycles. The molecule has 0 aliphatic heterocycles. The molecule has 0 saturated heterocycles. The van der Waals surface area contributed by atoms with Crippen LogP contribution >= 0.6 is 0 Å². The second-order valence-electron chi connectivity index (χ2n) is 3.80. The van der Waals surface area contributed by atoms with Gasteiger partial charge in [-0.05, 0) is 0 Å². The number of hydrogen-bond acceptors (Lipinski definition) is 3. The summed E-state index contributed by atoms with van der Waals surface area (Å²) in [6.07, 6.45) is 0.623. The first-order valence-electron chi connectivity index (χ1n) is 5.14. The SMILES string of the molecule is O=c1[nH]cc([N+](=O)[O-])cc1-c1c(F)c(F)c(F)c(F)c1F. The number of hydrogen-bond donors (Lipinski definition) is 1. The number of aromatic amines is 1. The lowest BCUT2D eigenvalue weighted by Gasteiger charge is -2.07. The van der Waals surface area contributed by atoms with E-state index in [0.717, 1.165) is 0 Å². The summed E-state index contributed by atoms with van der Waals surface area (Å²) < 4.78 is 66.2. The molecule has 0 aliphatic rings. The summed E-state index contributed by atoms with van der Waals surface area (Å²) in [5.74, 6) is -11.4. The monoisotopic (exact) mass is 306 g/mol. The van der Waals surface area contributed by atoms with Gasteiger partial charge >= 0.3 is 0 Å². The van der Waals surface area contributed by atoms with Crippen molar-refractivity contribution in [1.29, 1.82) is 0 Å². The number of aromatic nitrogens is 1. The highest BCUT2D eigenvalue weighted by Crippen LogP contribution is 2.30. The number of pyridine rings is 1. The van der Waals surface area contributed by atoms with E-state index in [1.807, 2.05) is 0 Å². The van der Waals surface area contributed by atoms with Gasteiger partial charge in [-0.1, -0.05) is 0 Å². The third-order valence-corrected chi connectivity index (χ3v) is 2.58. The maximum absolute atomic E-state index is 13.6. The first-order valence-corrected chi connectivity index (χ1v) is 5.14. The first-order chi connectivity index (χ1) is 9.75. The lowest BCUT2D eigenvalue weighted by molar-refractivity contribution is -0.385. The second-order valence-corrected chi connectivity index (χ2v) is 3.80. The lowest BCUT2D eigenvalue weighted by atomic mass is 10.0. The van der Waals surface area contributed by atoms with Crippen molar-refractivity contribution in [3.05, 3.63) is 61.8 Å². The molecule has 0 atom stereocenters. The Hall–Kier alpha value is -2.78. The molecule has 110 valence electrons. The van der Waals surface area contributed by atoms with Crippen LogP contribution in [0.4, 0.5) is 27.6 Å². The van der Waals surface area contributed by atoms with Gasteiger partial charge in [-0.25, -0.2) is 22.0 Å². The topological polar surface area (TPSA) is 76.0 Å². The summed E-state index contributed by atoms with van der Waals surface area (Å²) in [6.45, 7) is 0. The predicted octanol–water partition coefficient (Wildman–Crippen LogP) is 2.65. The summed E-state index contributed by atoms with van der Waals surface area (Å²) in [5, 5.41) is 10.5. The van der Waals surface area contributed by atoms with Crippen LogP contribution in [0.1, 0.15) is 0 Å². The average Bonchev–Trinajstić information content (AvgIpc) is 2.45. The fourth-order valence-corrected chi connectivity index (χ4v) is 1.60. The molecule has 0 bridgehead atoms. The molecule has 2 rings (SSSR count). The van der Waals surface area contributed by atoms with Gasteiger partial charge in [0.05, 0.1) is 22.2 Å². The Morgan fingerprint density at radius 3 is 1.90 bits per heavy atom. The molecule has 1 aromatic heterocycles. The summed E-state index contributed by atoms with van der Waals surface area (Å²) in [5.41, 5.74) is -4.61. The minimum absolute atomic E-state index is 0.414. The van der Waals surface area contributed by atoms with Crippen molar-refractivity contribution >= 4 is 5.69 Å². The molecule has 0 spiro atoms. The van der Waals surface area contributed by atoms with E-state index in [1.165, 1.54) is 0 Å². The highest BCUT2D eigenvalue weighted by molar-refractivity contribution is 5.66. The van der Waals surface area contributed by atoms with Gasteiger partial charge in [0, 0.05) is 6.07 Å². The van der Waals surface area contributed by atoms with Gasteiger partial charge in [0.2, 0.25) is 5.82 Å². The van der Waals surface area contributed by atoms with Crippen LogP contribution < -0.4 is 5.56 Å². The van der Waals surface area contributed by atoms with Crippen LogP contribution in [0.25, 0.3) is 11.1 Å². The zero-order valence-electron chi connectivity index (χ0n) is 9.72. The van der Waals surface area contributed by atoms with Crippen molar-refractivity contribution in [1.82, 2.24) is 4.98 Å². The predicted molar refractivity (Wildman–Crippen MR) is 58.9 cm³/mol. The summed E-state index contributed by atoms with van der Waals surface area (Å²) in [7, 11) is 0. The van der Waals surface area contributed by atoms with Crippen molar-refractivity contribution in [3.8, 4) is 11.1 Å². The van der Waals surface area contributed by atoms with E-state index in [4.69, 9.17) is 0 Å². The third kappa shape index (κ3) is 2.24. The van der Waals surface area contributed by atoms with Crippen LogP contribution in [-0.2, 0) is 0 Å². The smallest absolute Gasteiger partial charge is 0.286 e. The number of benzene rings is 1. The van der Waals surface area contributed by atoms with Crippen molar-refractivity contribution in [2.75, 3.05) is 0 Å². The Morgan fingerprint density at radius 1 is 0.952 bits per heavy atom. The zero-order chi connectivity index (χ0) is 15.9. The summed E-state index contributed by atoms with van der Waals surface area (Å²) in [6, 6.07) is 0.414. The molecular weight excluding hydrogens is 303 g/mol. The normalized spacial score (nSPS) is 10.7. The zero-order valence-corrected chi connectivity index (χ0v) is 9.72. The molecular formula is C11H3F5N2O3. The molecule has 0 amide bonds. The van der Waals surface area contributed by atoms with Crippen LogP contribution in [-0.4, -0.2) is 9.91 Å². The highest BCUT2D eigenvalue weighted by Gasteiger charge is 2.28. The number of nitrogens with zero attached hydrogens (tertiary/aromatic N) is 1. The molecule has 1 heterocycles. The average molecular weight is 306 g/mol.